The largest absolute Gasteiger partial charge is 0.481 e. The molecular formula is C31H27NO7S5. The van der Waals surface area contributed by atoms with E-state index in [0.29, 0.717) is 17.7 Å². The Bertz CT molecular complexity index is 1870. The molecule has 0 aliphatic heterocycles. The van der Waals surface area contributed by atoms with Gasteiger partial charge in [0.2, 0.25) is 0 Å². The van der Waals surface area contributed by atoms with Crippen molar-refractivity contribution < 1.29 is 34.5 Å². The van der Waals surface area contributed by atoms with Gasteiger partial charge in [0.25, 0.3) is 0 Å². The summed E-state index contributed by atoms with van der Waals surface area (Å²) in [5.41, 5.74) is 7.60. The number of nitrogens with two attached hydrogens (primary N) is 1. The molecule has 5 rings (SSSR count). The molecule has 5 aromatic rings. The quantitative estimate of drug-likeness (QED) is 0.0905. The van der Waals surface area contributed by atoms with Gasteiger partial charge < -0.3 is 21.1 Å². The van der Waals surface area contributed by atoms with E-state index in [0.717, 1.165) is 61.5 Å². The number of aliphatic carboxylic acids is 2. The van der Waals surface area contributed by atoms with Crippen LogP contribution in [-0.2, 0) is 22.4 Å². The van der Waals surface area contributed by atoms with Gasteiger partial charge in [-0.3, -0.25) is 14.4 Å². The monoisotopic (exact) mass is 685 g/mol. The molecule has 0 radical (unpaired) electrons. The lowest BCUT2D eigenvalue weighted by Gasteiger charge is -2.07. The molecule has 0 saturated heterocycles. The third kappa shape index (κ3) is 6.77. The van der Waals surface area contributed by atoms with Gasteiger partial charge in [-0.05, 0) is 72.5 Å². The number of carbonyl (C=O) groups is 4. The molecule has 0 spiro atoms. The molecular weight excluding hydrogens is 659 g/mol. The first-order chi connectivity index (χ1) is 20.9. The van der Waals surface area contributed by atoms with Gasteiger partial charge in [-0.25, -0.2) is 4.79 Å². The topological polar surface area (TPSA) is 155 Å². The summed E-state index contributed by atoms with van der Waals surface area (Å²) in [5.74, 6) is -3.51. The van der Waals surface area contributed by atoms with Gasteiger partial charge in [0.05, 0.1) is 10.8 Å². The third-order valence-corrected chi connectivity index (χ3v) is 13.3. The Morgan fingerprint density at radius 2 is 1.16 bits per heavy atom. The van der Waals surface area contributed by atoms with Gasteiger partial charge in [0.1, 0.15) is 10.9 Å². The van der Waals surface area contributed by atoms with E-state index in [1.165, 1.54) is 34.0 Å². The van der Waals surface area contributed by atoms with Crippen LogP contribution >= 0.6 is 56.7 Å². The second-order valence-electron chi connectivity index (χ2n) is 10.1. The Morgan fingerprint density at radius 3 is 1.64 bits per heavy atom. The highest BCUT2D eigenvalue weighted by atomic mass is 32.1. The first-order valence-corrected chi connectivity index (χ1v) is 17.6. The fraction of sp³-hybridized carbons (Fsp3) is 0.226. The van der Waals surface area contributed by atoms with Crippen molar-refractivity contribution in [2.45, 2.75) is 39.2 Å². The number of carbonyl (C=O) groups excluding carboxylic acids is 1. The highest BCUT2D eigenvalue weighted by Gasteiger charge is 2.24. The summed E-state index contributed by atoms with van der Waals surface area (Å²) >= 11 is 7.12. The van der Waals surface area contributed by atoms with E-state index in [2.05, 4.69) is 0 Å². The lowest BCUT2D eigenvalue weighted by atomic mass is 10.0. The Balaban J connectivity index is 1.56. The average Bonchev–Trinajstić information content (AvgIpc) is 3.81. The van der Waals surface area contributed by atoms with Gasteiger partial charge in [0, 0.05) is 45.4 Å². The van der Waals surface area contributed by atoms with Crippen LogP contribution in [0.1, 0.15) is 50.7 Å². The predicted molar refractivity (Wildman–Crippen MR) is 179 cm³/mol. The highest BCUT2D eigenvalue weighted by molar-refractivity contribution is 7.30. The number of hydrogen-bond acceptors (Lipinski definition) is 10. The van der Waals surface area contributed by atoms with Crippen LogP contribution in [0.5, 0.6) is 0 Å². The first kappa shape index (κ1) is 31.9. The smallest absolute Gasteiger partial charge is 0.345 e. The minimum Gasteiger partial charge on any atom is -0.481 e. The minimum atomic E-state index is -1.11. The summed E-state index contributed by atoms with van der Waals surface area (Å²) in [4.78, 5) is 55.1. The average molecular weight is 686 g/mol. The summed E-state index contributed by atoms with van der Waals surface area (Å²) in [6.45, 7) is 3.51. The van der Waals surface area contributed by atoms with Crippen LogP contribution in [0.15, 0.2) is 48.5 Å². The Kier molecular flexibility index (Phi) is 9.63. The number of ketones is 1. The SMILES string of the molecule is CCC(=O)c1ccc(-c2cc(CC(C)C(=O)O)c(-c3ccc(-c4sc(-c5ccc(C(=O)O)s5)cc4CC(N)C(=O)O)s3)s2)s1. The van der Waals surface area contributed by atoms with Crippen LogP contribution < -0.4 is 5.73 Å². The number of rotatable bonds is 13. The van der Waals surface area contributed by atoms with Crippen molar-refractivity contribution in [1.82, 2.24) is 0 Å². The maximum atomic E-state index is 12.2. The second kappa shape index (κ2) is 13.3. The zero-order valence-electron chi connectivity index (χ0n) is 23.5. The molecule has 2 unspecified atom stereocenters. The summed E-state index contributed by atoms with van der Waals surface area (Å²) in [5, 5.41) is 28.5. The molecule has 0 aliphatic rings. The zero-order chi connectivity index (χ0) is 31.7. The van der Waals surface area contributed by atoms with E-state index in [4.69, 9.17) is 5.73 Å². The molecule has 0 saturated carbocycles. The predicted octanol–water partition coefficient (Wildman–Crippen LogP) is 8.17. The van der Waals surface area contributed by atoms with Crippen molar-refractivity contribution in [3.05, 3.63) is 69.4 Å². The Morgan fingerprint density at radius 1 is 0.659 bits per heavy atom. The van der Waals surface area contributed by atoms with Gasteiger partial charge >= 0.3 is 17.9 Å². The van der Waals surface area contributed by atoms with Crippen molar-refractivity contribution >= 4 is 80.4 Å². The molecule has 0 aromatic carbocycles. The number of Topliss-reactive ketones (excluding diaryl/α,β-unsaturated/α-hetero) is 1. The lowest BCUT2D eigenvalue weighted by Crippen LogP contribution is -2.32. The van der Waals surface area contributed by atoms with Crippen LogP contribution in [0.3, 0.4) is 0 Å². The van der Waals surface area contributed by atoms with E-state index in [1.807, 2.05) is 43.3 Å². The molecule has 5 heterocycles. The van der Waals surface area contributed by atoms with Crippen LogP contribution in [0.25, 0.3) is 39.0 Å². The Labute approximate surface area is 272 Å². The minimum absolute atomic E-state index is 0.0797. The number of aromatic carboxylic acids is 1. The molecule has 0 fully saturated rings. The molecule has 2 atom stereocenters. The van der Waals surface area contributed by atoms with E-state index in [1.54, 1.807) is 30.4 Å². The zero-order valence-corrected chi connectivity index (χ0v) is 27.6. The van der Waals surface area contributed by atoms with Gasteiger partial charge in [0.15, 0.2) is 5.78 Å². The van der Waals surface area contributed by atoms with Crippen molar-refractivity contribution in [2.24, 2.45) is 11.7 Å². The normalized spacial score (nSPS) is 12.7. The van der Waals surface area contributed by atoms with Crippen molar-refractivity contribution in [3.63, 3.8) is 0 Å². The molecule has 0 aliphatic carbocycles. The summed E-state index contributed by atoms with van der Waals surface area (Å²) < 4.78 is 0. The van der Waals surface area contributed by atoms with Gasteiger partial charge in [-0.15, -0.1) is 56.7 Å². The van der Waals surface area contributed by atoms with E-state index in [-0.39, 0.29) is 17.1 Å². The fourth-order valence-electron chi connectivity index (χ4n) is 4.52. The first-order valence-electron chi connectivity index (χ1n) is 13.5. The third-order valence-electron chi connectivity index (χ3n) is 6.88. The van der Waals surface area contributed by atoms with E-state index >= 15 is 0 Å². The van der Waals surface area contributed by atoms with Crippen LogP contribution in [0.4, 0.5) is 0 Å². The Hall–Kier alpha value is -3.46. The van der Waals surface area contributed by atoms with Crippen LogP contribution in [0.2, 0.25) is 0 Å². The number of hydrogen-bond donors (Lipinski definition) is 4. The standard InChI is InChI=1S/C31H27NO7S5/c1-3-18(33)19-4-5-20(40-19)25-12-15(10-14(2)29(34)35)27(43-25)22-7-8-23(42-22)28-16(11-17(32)30(36)37)13-26(44-28)21-6-9-24(41-21)31(38)39/h4-9,12-14,17H,3,10-11,32H2,1-2H3,(H,34,35)(H,36,37)(H,38,39). The molecule has 44 heavy (non-hydrogen) atoms. The summed E-state index contributed by atoms with van der Waals surface area (Å²) in [6, 6.07) is 13.8. The van der Waals surface area contributed by atoms with Gasteiger partial charge in [-0.2, -0.15) is 0 Å². The maximum Gasteiger partial charge on any atom is 0.345 e. The lowest BCUT2D eigenvalue weighted by molar-refractivity contribution is -0.141. The van der Waals surface area contributed by atoms with E-state index < -0.39 is 29.9 Å². The molecule has 228 valence electrons. The fourth-order valence-corrected chi connectivity index (χ4v) is 10.2. The highest BCUT2D eigenvalue weighted by Crippen LogP contribution is 2.48. The summed E-state index contributed by atoms with van der Waals surface area (Å²) in [7, 11) is 0. The van der Waals surface area contributed by atoms with Crippen molar-refractivity contribution in [1.29, 1.82) is 0 Å². The second-order valence-corrected chi connectivity index (χ2v) is 15.5. The molecule has 0 amide bonds. The molecule has 8 nitrogen and oxygen atoms in total. The molecule has 13 heteroatoms. The van der Waals surface area contributed by atoms with Crippen LogP contribution in [-0.4, -0.2) is 45.1 Å². The summed E-state index contributed by atoms with van der Waals surface area (Å²) in [6.07, 6.45) is 0.867. The van der Waals surface area contributed by atoms with E-state index in [9.17, 15) is 34.5 Å². The number of carboxylic acids is 3. The maximum absolute atomic E-state index is 12.2. The molecule has 5 aromatic heterocycles. The van der Waals surface area contributed by atoms with Crippen molar-refractivity contribution in [3.8, 4) is 39.0 Å². The number of thiophene rings is 5. The van der Waals surface area contributed by atoms with Crippen molar-refractivity contribution in [2.75, 3.05) is 0 Å². The molecule has 5 N–H and O–H groups in total. The molecule has 0 bridgehead atoms. The van der Waals surface area contributed by atoms with Gasteiger partial charge in [-0.1, -0.05) is 13.8 Å². The number of carboxylic acid groups (broad SMARTS) is 3. The van der Waals surface area contributed by atoms with Crippen LogP contribution in [0, 0.1) is 5.92 Å².